The number of hydrogen-bond donors (Lipinski definition) is 1. The minimum Gasteiger partial charge on any atom is -0.497 e. The Labute approximate surface area is 112 Å². The van der Waals surface area contributed by atoms with Crippen LogP contribution in [0.4, 0.5) is 0 Å². The van der Waals surface area contributed by atoms with Crippen molar-refractivity contribution in [1.82, 2.24) is 9.29 Å². The first kappa shape index (κ1) is 12.5. The average Bonchev–Trinajstić information content (AvgIpc) is 2.72. The molecule has 1 aromatic heterocycles. The molecule has 6 heteroatoms. The van der Waals surface area contributed by atoms with Crippen molar-refractivity contribution >= 4 is 20.9 Å². The summed E-state index contributed by atoms with van der Waals surface area (Å²) in [6, 6.07) is 5.51. The molecule has 0 saturated heterocycles. The lowest BCUT2D eigenvalue weighted by Gasteiger charge is -2.15. The lowest BCUT2D eigenvalue weighted by atomic mass is 10.1. The molecule has 2 heterocycles. The number of nitrogens with zero attached hydrogens (tertiary/aromatic N) is 1. The predicted molar refractivity (Wildman–Crippen MR) is 74.1 cm³/mol. The maximum absolute atomic E-state index is 12.0. The van der Waals surface area contributed by atoms with Crippen LogP contribution in [0, 0.1) is 0 Å². The van der Waals surface area contributed by atoms with Gasteiger partial charge in [0.15, 0.2) is 0 Å². The van der Waals surface area contributed by atoms with Crippen LogP contribution in [0.5, 0.6) is 5.75 Å². The predicted octanol–water partition coefficient (Wildman–Crippen LogP) is 1.10. The molecule has 102 valence electrons. The number of hydrogen-bond acceptors (Lipinski definition) is 4. The summed E-state index contributed by atoms with van der Waals surface area (Å²) < 4.78 is 30.8. The van der Waals surface area contributed by atoms with Gasteiger partial charge >= 0.3 is 0 Å². The second-order valence-corrected chi connectivity index (χ2v) is 6.59. The van der Waals surface area contributed by atoms with Gasteiger partial charge in [0.25, 0.3) is 0 Å². The van der Waals surface area contributed by atoms with Gasteiger partial charge in [-0.2, -0.15) is 0 Å². The van der Waals surface area contributed by atoms with Gasteiger partial charge < -0.3 is 10.1 Å². The summed E-state index contributed by atoms with van der Waals surface area (Å²) in [4.78, 5) is 0. The van der Waals surface area contributed by atoms with Gasteiger partial charge in [-0.25, -0.2) is 12.4 Å². The smallest absolute Gasteiger partial charge is 0.236 e. The van der Waals surface area contributed by atoms with E-state index in [-0.39, 0.29) is 0 Å². The van der Waals surface area contributed by atoms with Gasteiger partial charge in [0, 0.05) is 30.6 Å². The van der Waals surface area contributed by atoms with Crippen molar-refractivity contribution in [1.29, 1.82) is 0 Å². The fourth-order valence-corrected chi connectivity index (χ4v) is 3.85. The maximum Gasteiger partial charge on any atom is 0.236 e. The number of methoxy groups -OCH3 is 1. The molecule has 0 unspecified atom stereocenters. The van der Waals surface area contributed by atoms with Crippen molar-refractivity contribution in [2.24, 2.45) is 0 Å². The van der Waals surface area contributed by atoms with E-state index in [4.69, 9.17) is 4.74 Å². The van der Waals surface area contributed by atoms with Gasteiger partial charge in [-0.05, 0) is 23.8 Å². The normalized spacial score (nSPS) is 15.5. The van der Waals surface area contributed by atoms with Crippen molar-refractivity contribution in [3.05, 3.63) is 29.5 Å². The highest BCUT2D eigenvalue weighted by Crippen LogP contribution is 2.32. The van der Waals surface area contributed by atoms with E-state index in [1.165, 1.54) is 10.2 Å². The standard InChI is InChI=1S/C13H16N2O3S/c1-18-9-3-4-12-10(7-9)11-8-14-6-5-13(11)15(12)19(2,16)17/h3-4,7,14H,5-6,8H2,1-2H3. The molecule has 0 aliphatic carbocycles. The number of fused-ring (bicyclic) bond motifs is 3. The molecule has 0 fully saturated rings. The highest BCUT2D eigenvalue weighted by molar-refractivity contribution is 7.89. The number of rotatable bonds is 2. The SMILES string of the molecule is COc1ccc2c(c1)c1c(n2S(C)(=O)=O)CCNC1. The summed E-state index contributed by atoms with van der Waals surface area (Å²) in [5.74, 6) is 0.742. The van der Waals surface area contributed by atoms with Crippen LogP contribution in [0.15, 0.2) is 18.2 Å². The van der Waals surface area contributed by atoms with Crippen molar-refractivity contribution in [2.75, 3.05) is 19.9 Å². The lowest BCUT2D eigenvalue weighted by molar-refractivity contribution is 0.415. The minimum atomic E-state index is -3.30. The van der Waals surface area contributed by atoms with E-state index in [2.05, 4.69) is 5.32 Å². The molecule has 3 rings (SSSR count). The average molecular weight is 280 g/mol. The molecule has 1 aliphatic rings. The van der Waals surface area contributed by atoms with Crippen molar-refractivity contribution in [3.8, 4) is 5.75 Å². The molecular formula is C13H16N2O3S. The van der Waals surface area contributed by atoms with Crippen molar-refractivity contribution < 1.29 is 13.2 Å². The Morgan fingerprint density at radius 3 is 2.84 bits per heavy atom. The Morgan fingerprint density at radius 2 is 2.16 bits per heavy atom. The van der Waals surface area contributed by atoms with Gasteiger partial charge in [0.05, 0.1) is 18.9 Å². The maximum atomic E-state index is 12.0. The first-order valence-electron chi connectivity index (χ1n) is 6.14. The van der Waals surface area contributed by atoms with E-state index in [0.29, 0.717) is 6.54 Å². The van der Waals surface area contributed by atoms with E-state index < -0.39 is 10.0 Å². The molecule has 1 aromatic carbocycles. The quantitative estimate of drug-likeness (QED) is 0.895. The first-order chi connectivity index (χ1) is 9.02. The third kappa shape index (κ3) is 1.91. The first-order valence-corrected chi connectivity index (χ1v) is 7.98. The fourth-order valence-electron chi connectivity index (χ4n) is 2.73. The van der Waals surface area contributed by atoms with Crippen LogP contribution in [0.2, 0.25) is 0 Å². The summed E-state index contributed by atoms with van der Waals surface area (Å²) in [5, 5.41) is 4.24. The molecule has 2 aromatic rings. The third-order valence-corrected chi connectivity index (χ3v) is 4.59. The summed E-state index contributed by atoms with van der Waals surface area (Å²) in [7, 11) is -1.69. The largest absolute Gasteiger partial charge is 0.497 e. The van der Waals surface area contributed by atoms with Gasteiger partial charge in [-0.1, -0.05) is 0 Å². The topological polar surface area (TPSA) is 60.3 Å². The van der Waals surface area contributed by atoms with E-state index in [0.717, 1.165) is 40.9 Å². The Balaban J connectivity index is 2.42. The molecule has 0 saturated carbocycles. The summed E-state index contributed by atoms with van der Waals surface area (Å²) in [6.45, 7) is 1.50. The van der Waals surface area contributed by atoms with E-state index in [9.17, 15) is 8.42 Å². The van der Waals surface area contributed by atoms with E-state index >= 15 is 0 Å². The molecule has 5 nitrogen and oxygen atoms in total. The number of benzene rings is 1. The Bertz CT molecular complexity index is 747. The molecule has 0 bridgehead atoms. The molecule has 0 atom stereocenters. The zero-order chi connectivity index (χ0) is 13.6. The van der Waals surface area contributed by atoms with Crippen LogP contribution in [-0.2, 0) is 23.0 Å². The number of aromatic nitrogens is 1. The molecule has 1 aliphatic heterocycles. The molecule has 19 heavy (non-hydrogen) atoms. The Kier molecular flexibility index (Phi) is 2.79. The van der Waals surface area contributed by atoms with E-state index in [1.807, 2.05) is 12.1 Å². The monoisotopic (exact) mass is 280 g/mol. The van der Waals surface area contributed by atoms with Crippen LogP contribution >= 0.6 is 0 Å². The third-order valence-electron chi connectivity index (χ3n) is 3.51. The zero-order valence-corrected chi connectivity index (χ0v) is 11.8. The van der Waals surface area contributed by atoms with Crippen LogP contribution < -0.4 is 10.1 Å². The van der Waals surface area contributed by atoms with Crippen LogP contribution in [0.25, 0.3) is 10.9 Å². The number of ether oxygens (including phenoxy) is 1. The summed E-state index contributed by atoms with van der Waals surface area (Å²) in [5.41, 5.74) is 2.69. The van der Waals surface area contributed by atoms with Gasteiger partial charge in [-0.15, -0.1) is 0 Å². The zero-order valence-electron chi connectivity index (χ0n) is 10.9. The van der Waals surface area contributed by atoms with E-state index in [1.54, 1.807) is 13.2 Å². The van der Waals surface area contributed by atoms with Gasteiger partial charge in [-0.3, -0.25) is 0 Å². The second-order valence-electron chi connectivity index (χ2n) is 4.76. The summed E-state index contributed by atoms with van der Waals surface area (Å²) in [6.07, 6.45) is 1.97. The van der Waals surface area contributed by atoms with Gasteiger partial charge in [0.1, 0.15) is 5.75 Å². The summed E-state index contributed by atoms with van der Waals surface area (Å²) >= 11 is 0. The molecule has 0 amide bonds. The Hall–Kier alpha value is -1.53. The highest BCUT2D eigenvalue weighted by atomic mass is 32.2. The molecular weight excluding hydrogens is 264 g/mol. The second kappa shape index (κ2) is 4.25. The van der Waals surface area contributed by atoms with Crippen LogP contribution in [0.1, 0.15) is 11.3 Å². The lowest BCUT2D eigenvalue weighted by Crippen LogP contribution is -2.26. The van der Waals surface area contributed by atoms with Gasteiger partial charge in [0.2, 0.25) is 10.0 Å². The van der Waals surface area contributed by atoms with Crippen LogP contribution in [0.3, 0.4) is 0 Å². The minimum absolute atomic E-state index is 0.696. The molecule has 0 spiro atoms. The molecule has 1 N–H and O–H groups in total. The fraction of sp³-hybridized carbons (Fsp3) is 0.385. The van der Waals surface area contributed by atoms with Crippen LogP contribution in [-0.4, -0.2) is 32.3 Å². The molecule has 0 radical (unpaired) electrons. The highest BCUT2D eigenvalue weighted by Gasteiger charge is 2.24. The van der Waals surface area contributed by atoms with Crippen molar-refractivity contribution in [3.63, 3.8) is 0 Å². The Morgan fingerprint density at radius 1 is 1.37 bits per heavy atom. The van der Waals surface area contributed by atoms with Crippen molar-refractivity contribution in [2.45, 2.75) is 13.0 Å². The number of nitrogens with one attached hydrogen (secondary N) is 1.